The number of benzene rings is 2. The Morgan fingerprint density at radius 3 is 2.48 bits per heavy atom. The highest BCUT2D eigenvalue weighted by Gasteiger charge is 2.15. The summed E-state index contributed by atoms with van der Waals surface area (Å²) in [5.41, 5.74) is 6.42. The van der Waals surface area contributed by atoms with Crippen molar-refractivity contribution < 1.29 is 4.92 Å². The molecule has 0 spiro atoms. The quantitative estimate of drug-likeness (QED) is 0.340. The second-order valence-corrected chi connectivity index (χ2v) is 6.39. The summed E-state index contributed by atoms with van der Waals surface area (Å²) in [4.78, 5) is 10.9. The van der Waals surface area contributed by atoms with E-state index in [0.717, 1.165) is 5.56 Å². The Kier molecular flexibility index (Phi) is 5.22. The van der Waals surface area contributed by atoms with Gasteiger partial charge in [-0.1, -0.05) is 40.9 Å². The third-order valence-corrected chi connectivity index (χ3v) is 4.79. The summed E-state index contributed by atoms with van der Waals surface area (Å²) >= 11 is 19.4. The van der Waals surface area contributed by atoms with Gasteiger partial charge in [0.1, 0.15) is 5.69 Å². The summed E-state index contributed by atoms with van der Waals surface area (Å²) < 4.78 is 0. The van der Waals surface area contributed by atoms with E-state index in [1.54, 1.807) is 12.1 Å². The van der Waals surface area contributed by atoms with Gasteiger partial charge in [0.15, 0.2) is 0 Å². The van der Waals surface area contributed by atoms with Crippen molar-refractivity contribution in [3.63, 3.8) is 0 Å². The second kappa shape index (κ2) is 6.75. The molecule has 0 saturated heterocycles. The molecule has 21 heavy (non-hydrogen) atoms. The Labute approximate surface area is 140 Å². The molecule has 2 N–H and O–H groups in total. The molecular formula is C13H9Cl3N2O2S. The van der Waals surface area contributed by atoms with Crippen LogP contribution >= 0.6 is 46.6 Å². The van der Waals surface area contributed by atoms with E-state index < -0.39 is 4.92 Å². The lowest BCUT2D eigenvalue weighted by Gasteiger charge is -2.08. The number of nitrogen functional groups attached to an aromatic ring is 1. The van der Waals surface area contributed by atoms with E-state index in [4.69, 9.17) is 40.5 Å². The van der Waals surface area contributed by atoms with E-state index in [9.17, 15) is 10.1 Å². The van der Waals surface area contributed by atoms with E-state index in [1.165, 1.54) is 23.9 Å². The predicted octanol–water partition coefficient (Wildman–Crippen LogP) is 5.43. The minimum Gasteiger partial charge on any atom is -0.393 e. The first kappa shape index (κ1) is 16.2. The molecule has 0 amide bonds. The minimum absolute atomic E-state index is 0.0779. The first-order valence-electron chi connectivity index (χ1n) is 5.68. The van der Waals surface area contributed by atoms with Crippen molar-refractivity contribution in [1.29, 1.82) is 0 Å². The van der Waals surface area contributed by atoms with Gasteiger partial charge in [-0.05, 0) is 23.8 Å². The number of rotatable bonds is 4. The van der Waals surface area contributed by atoms with Crippen LogP contribution in [0.5, 0.6) is 0 Å². The highest BCUT2D eigenvalue weighted by molar-refractivity contribution is 7.98. The Morgan fingerprint density at radius 1 is 1.14 bits per heavy atom. The normalized spacial score (nSPS) is 10.6. The van der Waals surface area contributed by atoms with Gasteiger partial charge in [0.05, 0.1) is 9.95 Å². The topological polar surface area (TPSA) is 69.2 Å². The third kappa shape index (κ3) is 3.95. The van der Waals surface area contributed by atoms with Crippen molar-refractivity contribution in [3.05, 3.63) is 61.1 Å². The maximum atomic E-state index is 10.8. The zero-order valence-corrected chi connectivity index (χ0v) is 13.6. The van der Waals surface area contributed by atoms with Crippen LogP contribution in [-0.4, -0.2) is 4.92 Å². The van der Waals surface area contributed by atoms with Crippen LogP contribution in [0.4, 0.5) is 11.4 Å². The first-order valence-corrected chi connectivity index (χ1v) is 7.80. The summed E-state index contributed by atoms with van der Waals surface area (Å²) in [6, 6.07) is 7.97. The van der Waals surface area contributed by atoms with Gasteiger partial charge in [-0.3, -0.25) is 10.1 Å². The third-order valence-electron chi connectivity index (χ3n) is 2.68. The molecule has 0 saturated carbocycles. The van der Waals surface area contributed by atoms with E-state index in [1.807, 2.05) is 6.07 Å². The van der Waals surface area contributed by atoms with Crippen LogP contribution in [0.1, 0.15) is 5.56 Å². The number of anilines is 1. The molecular weight excluding hydrogens is 355 g/mol. The predicted molar refractivity (Wildman–Crippen MR) is 88.5 cm³/mol. The molecule has 2 aromatic rings. The van der Waals surface area contributed by atoms with Gasteiger partial charge in [-0.2, -0.15) is 0 Å². The Morgan fingerprint density at radius 2 is 1.86 bits per heavy atom. The molecule has 4 nitrogen and oxygen atoms in total. The average Bonchev–Trinajstić information content (AvgIpc) is 2.40. The van der Waals surface area contributed by atoms with E-state index in [0.29, 0.717) is 20.7 Å². The number of nitrogens with two attached hydrogens (primary N) is 1. The molecule has 110 valence electrons. The molecule has 2 aromatic carbocycles. The standard InChI is InChI=1S/C13H9Cl3N2O2S/c14-8-2-1-7(9(15)3-8)6-21-13-5-11(17)12(18(19)20)4-10(13)16/h1-5H,6,17H2. The molecule has 0 fully saturated rings. The lowest BCUT2D eigenvalue weighted by Crippen LogP contribution is -1.96. The maximum absolute atomic E-state index is 10.8. The van der Waals surface area contributed by atoms with Crippen LogP contribution in [-0.2, 0) is 5.75 Å². The van der Waals surface area contributed by atoms with Gasteiger partial charge >= 0.3 is 0 Å². The van der Waals surface area contributed by atoms with E-state index in [2.05, 4.69) is 0 Å². The second-order valence-electron chi connectivity index (χ2n) is 4.12. The number of hydrogen-bond donors (Lipinski definition) is 1. The van der Waals surface area contributed by atoms with Gasteiger partial charge in [-0.25, -0.2) is 0 Å². The lowest BCUT2D eigenvalue weighted by atomic mass is 10.2. The van der Waals surface area contributed by atoms with Gasteiger partial charge in [0.2, 0.25) is 0 Å². The first-order chi connectivity index (χ1) is 9.88. The van der Waals surface area contributed by atoms with Crippen LogP contribution in [0, 0.1) is 10.1 Å². The smallest absolute Gasteiger partial charge is 0.293 e. The van der Waals surface area contributed by atoms with Gasteiger partial charge < -0.3 is 5.73 Å². The molecule has 0 atom stereocenters. The summed E-state index contributed by atoms with van der Waals surface area (Å²) in [6.45, 7) is 0. The molecule has 0 aliphatic rings. The fraction of sp³-hybridized carbons (Fsp3) is 0.0769. The van der Waals surface area contributed by atoms with Crippen molar-refractivity contribution in [2.45, 2.75) is 10.6 Å². The molecule has 0 radical (unpaired) electrons. The minimum atomic E-state index is -0.564. The zero-order chi connectivity index (χ0) is 15.6. The lowest BCUT2D eigenvalue weighted by molar-refractivity contribution is -0.383. The number of nitro benzene ring substituents is 1. The fourth-order valence-corrected chi connectivity index (χ4v) is 3.47. The van der Waals surface area contributed by atoms with Gasteiger partial charge in [0.25, 0.3) is 5.69 Å². The largest absolute Gasteiger partial charge is 0.393 e. The summed E-state index contributed by atoms with van der Waals surface area (Å²) in [5.74, 6) is 0.549. The summed E-state index contributed by atoms with van der Waals surface area (Å²) in [6.07, 6.45) is 0. The van der Waals surface area contributed by atoms with Gasteiger partial charge in [-0.15, -0.1) is 11.8 Å². The molecule has 8 heteroatoms. The monoisotopic (exact) mass is 362 g/mol. The number of nitro groups is 1. The summed E-state index contributed by atoms with van der Waals surface area (Å²) in [7, 11) is 0. The highest BCUT2D eigenvalue weighted by atomic mass is 35.5. The molecule has 0 aliphatic heterocycles. The van der Waals surface area contributed by atoms with Crippen LogP contribution in [0.15, 0.2) is 35.2 Å². The maximum Gasteiger partial charge on any atom is 0.293 e. The number of nitrogens with zero attached hydrogens (tertiary/aromatic N) is 1. The summed E-state index contributed by atoms with van der Waals surface area (Å²) in [5, 5.41) is 12.2. The molecule has 0 bridgehead atoms. The van der Waals surface area contributed by atoms with Crippen molar-refractivity contribution in [1.82, 2.24) is 0 Å². The van der Waals surface area contributed by atoms with E-state index in [-0.39, 0.29) is 16.4 Å². The van der Waals surface area contributed by atoms with Gasteiger partial charge in [0, 0.05) is 26.8 Å². The molecule has 0 unspecified atom stereocenters. The molecule has 0 aliphatic carbocycles. The van der Waals surface area contributed by atoms with Crippen molar-refractivity contribution in [2.24, 2.45) is 0 Å². The van der Waals surface area contributed by atoms with E-state index >= 15 is 0 Å². The zero-order valence-electron chi connectivity index (χ0n) is 10.5. The average molecular weight is 364 g/mol. The van der Waals surface area contributed by atoms with Crippen LogP contribution in [0.25, 0.3) is 0 Å². The molecule has 0 heterocycles. The van der Waals surface area contributed by atoms with Crippen LogP contribution in [0.2, 0.25) is 15.1 Å². The SMILES string of the molecule is Nc1cc(SCc2ccc(Cl)cc2Cl)c(Cl)cc1[N+](=O)[O-]. The van der Waals surface area contributed by atoms with Crippen LogP contribution in [0.3, 0.4) is 0 Å². The number of thioether (sulfide) groups is 1. The Hall–Kier alpha value is -1.14. The van der Waals surface area contributed by atoms with Crippen molar-refractivity contribution in [3.8, 4) is 0 Å². The van der Waals surface area contributed by atoms with Crippen molar-refractivity contribution >= 4 is 57.9 Å². The highest BCUT2D eigenvalue weighted by Crippen LogP contribution is 2.37. The van der Waals surface area contributed by atoms with Crippen LogP contribution < -0.4 is 5.73 Å². The Bertz CT molecular complexity index is 710. The fourth-order valence-electron chi connectivity index (χ4n) is 1.62. The Balaban J connectivity index is 2.20. The van der Waals surface area contributed by atoms with Crippen molar-refractivity contribution in [2.75, 3.05) is 5.73 Å². The molecule has 0 aromatic heterocycles. The number of hydrogen-bond acceptors (Lipinski definition) is 4. The number of halogens is 3. The molecule has 2 rings (SSSR count).